The number of halogens is 2. The normalized spacial score (nSPS) is 10.5. The molecular formula is C11H7F2NO2S. The molecule has 0 aliphatic rings. The van der Waals surface area contributed by atoms with Crippen LogP contribution in [0.3, 0.4) is 0 Å². The van der Waals surface area contributed by atoms with E-state index in [0.717, 1.165) is 29.5 Å². The fourth-order valence-electron chi connectivity index (χ4n) is 1.45. The molecule has 2 aromatic rings. The Morgan fingerprint density at radius 1 is 1.29 bits per heavy atom. The summed E-state index contributed by atoms with van der Waals surface area (Å²) < 4.78 is 26.5. The zero-order chi connectivity index (χ0) is 12.6. The predicted molar refractivity (Wildman–Crippen MR) is 61.0 cm³/mol. The van der Waals surface area contributed by atoms with Gasteiger partial charge >= 0.3 is 5.97 Å². The quantitative estimate of drug-likeness (QED) is 0.867. The molecule has 1 aromatic heterocycles. The van der Waals surface area contributed by atoms with Crippen molar-refractivity contribution in [3.05, 3.63) is 40.1 Å². The van der Waals surface area contributed by atoms with Crippen LogP contribution in [-0.4, -0.2) is 11.1 Å². The average Bonchev–Trinajstić information content (AvgIpc) is 2.64. The second kappa shape index (κ2) is 4.14. The van der Waals surface area contributed by atoms with Crippen LogP contribution in [0, 0.1) is 11.6 Å². The number of carbonyl (C=O) groups is 1. The van der Waals surface area contributed by atoms with Crippen LogP contribution >= 0.6 is 11.3 Å². The fraction of sp³-hybridized carbons (Fsp3) is 0. The summed E-state index contributed by atoms with van der Waals surface area (Å²) in [6.45, 7) is 0. The number of hydrogen-bond donors (Lipinski definition) is 2. The molecule has 1 heterocycles. The number of nitrogens with two attached hydrogens (primary N) is 1. The first kappa shape index (κ1) is 11.5. The van der Waals surface area contributed by atoms with Crippen LogP contribution < -0.4 is 5.73 Å². The zero-order valence-electron chi connectivity index (χ0n) is 8.41. The summed E-state index contributed by atoms with van der Waals surface area (Å²) in [5.41, 5.74) is 5.71. The van der Waals surface area contributed by atoms with E-state index in [-0.39, 0.29) is 21.7 Å². The van der Waals surface area contributed by atoms with E-state index in [9.17, 15) is 13.6 Å². The first-order chi connectivity index (χ1) is 8.00. The second-order valence-electron chi connectivity index (χ2n) is 3.32. The predicted octanol–water partition coefficient (Wildman–Crippen LogP) is 2.97. The summed E-state index contributed by atoms with van der Waals surface area (Å²) in [5, 5.41) is 10.2. The molecular weight excluding hydrogens is 248 g/mol. The Labute approximate surface area is 99.1 Å². The number of carboxylic acid groups (broad SMARTS) is 1. The Kier molecular flexibility index (Phi) is 2.81. The maximum atomic E-state index is 13.5. The van der Waals surface area contributed by atoms with E-state index < -0.39 is 17.6 Å². The third kappa shape index (κ3) is 1.99. The smallest absolute Gasteiger partial charge is 0.348 e. The van der Waals surface area contributed by atoms with Gasteiger partial charge in [-0.3, -0.25) is 0 Å². The van der Waals surface area contributed by atoms with Gasteiger partial charge in [0.2, 0.25) is 0 Å². The first-order valence-corrected chi connectivity index (χ1v) is 5.44. The molecule has 0 saturated heterocycles. The number of anilines is 1. The maximum Gasteiger partial charge on any atom is 0.348 e. The van der Waals surface area contributed by atoms with Crippen molar-refractivity contribution in [1.82, 2.24) is 0 Å². The van der Waals surface area contributed by atoms with Crippen LogP contribution in [0.15, 0.2) is 23.6 Å². The highest BCUT2D eigenvalue weighted by atomic mass is 32.1. The minimum absolute atomic E-state index is 0.0359. The van der Waals surface area contributed by atoms with E-state index in [2.05, 4.69) is 0 Å². The van der Waals surface area contributed by atoms with Crippen LogP contribution in [0.1, 0.15) is 9.67 Å². The topological polar surface area (TPSA) is 63.3 Å². The summed E-state index contributed by atoms with van der Waals surface area (Å²) in [4.78, 5) is 10.7. The lowest BCUT2D eigenvalue weighted by atomic mass is 10.1. The highest BCUT2D eigenvalue weighted by molar-refractivity contribution is 7.13. The molecule has 0 unspecified atom stereocenters. The highest BCUT2D eigenvalue weighted by Crippen LogP contribution is 2.35. The Bertz CT molecular complexity index is 595. The molecule has 0 radical (unpaired) electrons. The third-order valence-corrected chi connectivity index (χ3v) is 3.23. The SMILES string of the molecule is Nc1c(-c2cc(F)ccc2F)csc1C(=O)O. The van der Waals surface area contributed by atoms with Crippen LogP contribution in [0.25, 0.3) is 11.1 Å². The van der Waals surface area contributed by atoms with Gasteiger partial charge in [-0.05, 0) is 18.2 Å². The lowest BCUT2D eigenvalue weighted by Gasteiger charge is -2.03. The summed E-state index contributed by atoms with van der Waals surface area (Å²) >= 11 is 0.880. The number of aromatic carboxylic acids is 1. The van der Waals surface area contributed by atoms with Crippen molar-refractivity contribution in [2.75, 3.05) is 5.73 Å². The van der Waals surface area contributed by atoms with E-state index in [0.29, 0.717) is 0 Å². The molecule has 3 N–H and O–H groups in total. The number of rotatable bonds is 2. The Morgan fingerprint density at radius 2 is 2.00 bits per heavy atom. The van der Waals surface area contributed by atoms with Crippen molar-refractivity contribution in [2.45, 2.75) is 0 Å². The van der Waals surface area contributed by atoms with E-state index >= 15 is 0 Å². The van der Waals surface area contributed by atoms with Gasteiger partial charge < -0.3 is 10.8 Å². The molecule has 0 aliphatic heterocycles. The minimum Gasteiger partial charge on any atom is -0.477 e. The molecule has 0 aliphatic carbocycles. The number of thiophene rings is 1. The van der Waals surface area contributed by atoms with Crippen molar-refractivity contribution < 1.29 is 18.7 Å². The summed E-state index contributed by atoms with van der Waals surface area (Å²) in [7, 11) is 0. The summed E-state index contributed by atoms with van der Waals surface area (Å²) in [6, 6.07) is 2.95. The summed E-state index contributed by atoms with van der Waals surface area (Å²) in [6.07, 6.45) is 0. The number of benzene rings is 1. The highest BCUT2D eigenvalue weighted by Gasteiger charge is 2.18. The van der Waals surface area contributed by atoms with Gasteiger partial charge in [-0.2, -0.15) is 0 Å². The molecule has 88 valence electrons. The van der Waals surface area contributed by atoms with Crippen molar-refractivity contribution >= 4 is 23.0 Å². The minimum atomic E-state index is -1.18. The first-order valence-electron chi connectivity index (χ1n) is 4.56. The molecule has 6 heteroatoms. The molecule has 0 fully saturated rings. The van der Waals surface area contributed by atoms with Crippen LogP contribution in [0.5, 0.6) is 0 Å². The molecule has 1 aromatic carbocycles. The number of hydrogen-bond acceptors (Lipinski definition) is 3. The van der Waals surface area contributed by atoms with Gasteiger partial charge in [0.25, 0.3) is 0 Å². The second-order valence-corrected chi connectivity index (χ2v) is 4.20. The van der Waals surface area contributed by atoms with Gasteiger partial charge in [-0.15, -0.1) is 11.3 Å². The Hall–Kier alpha value is -1.95. The average molecular weight is 255 g/mol. The van der Waals surface area contributed by atoms with Crippen molar-refractivity contribution in [2.24, 2.45) is 0 Å². The van der Waals surface area contributed by atoms with Crippen LogP contribution in [0.4, 0.5) is 14.5 Å². The van der Waals surface area contributed by atoms with E-state index in [1.54, 1.807) is 0 Å². The fourth-order valence-corrected chi connectivity index (χ4v) is 2.27. The number of nitrogen functional groups attached to an aromatic ring is 1. The van der Waals surface area contributed by atoms with Gasteiger partial charge in [-0.25, -0.2) is 13.6 Å². The molecule has 0 saturated carbocycles. The largest absolute Gasteiger partial charge is 0.477 e. The van der Waals surface area contributed by atoms with E-state index in [4.69, 9.17) is 10.8 Å². The Morgan fingerprint density at radius 3 is 2.59 bits per heavy atom. The van der Waals surface area contributed by atoms with Crippen molar-refractivity contribution in [1.29, 1.82) is 0 Å². The summed E-state index contributed by atoms with van der Waals surface area (Å²) in [5.74, 6) is -2.44. The van der Waals surface area contributed by atoms with Crippen LogP contribution in [0.2, 0.25) is 0 Å². The molecule has 17 heavy (non-hydrogen) atoms. The van der Waals surface area contributed by atoms with Gasteiger partial charge in [0.1, 0.15) is 16.5 Å². The number of carboxylic acids is 1. The molecule has 0 amide bonds. The van der Waals surface area contributed by atoms with Crippen molar-refractivity contribution in [3.63, 3.8) is 0 Å². The Balaban J connectivity index is 2.61. The standard InChI is InChI=1S/C11H7F2NO2S/c12-5-1-2-8(13)6(3-5)7-4-17-10(9(7)14)11(15)16/h1-4H,14H2,(H,15,16). The van der Waals surface area contributed by atoms with Gasteiger partial charge in [0.15, 0.2) is 0 Å². The lowest BCUT2D eigenvalue weighted by molar-refractivity contribution is 0.0703. The monoisotopic (exact) mass is 255 g/mol. The molecule has 0 spiro atoms. The van der Waals surface area contributed by atoms with Gasteiger partial charge in [0.05, 0.1) is 5.69 Å². The zero-order valence-corrected chi connectivity index (χ0v) is 9.22. The third-order valence-electron chi connectivity index (χ3n) is 2.24. The molecule has 0 bridgehead atoms. The molecule has 2 rings (SSSR count). The van der Waals surface area contributed by atoms with Crippen molar-refractivity contribution in [3.8, 4) is 11.1 Å². The molecule has 0 atom stereocenters. The van der Waals surface area contributed by atoms with Gasteiger partial charge in [0, 0.05) is 16.5 Å². The van der Waals surface area contributed by atoms with E-state index in [1.807, 2.05) is 0 Å². The van der Waals surface area contributed by atoms with Gasteiger partial charge in [-0.1, -0.05) is 0 Å². The van der Waals surface area contributed by atoms with Crippen LogP contribution in [-0.2, 0) is 0 Å². The van der Waals surface area contributed by atoms with E-state index in [1.165, 1.54) is 5.38 Å². The maximum absolute atomic E-state index is 13.5. The molecule has 3 nitrogen and oxygen atoms in total. The lowest BCUT2D eigenvalue weighted by Crippen LogP contribution is -1.98.